The van der Waals surface area contributed by atoms with Crippen LogP contribution >= 0.6 is 0 Å². The molecule has 2 atom stereocenters. The Morgan fingerprint density at radius 2 is 1.95 bits per heavy atom. The topological polar surface area (TPSA) is 59.2 Å². The van der Waals surface area contributed by atoms with Gasteiger partial charge in [0.2, 0.25) is 0 Å². The van der Waals surface area contributed by atoms with Crippen molar-refractivity contribution in [3.05, 3.63) is 42.0 Å². The summed E-state index contributed by atoms with van der Waals surface area (Å²) in [4.78, 5) is 7.42. The monoisotopic (exact) mass is 287 g/mol. The molecule has 2 N–H and O–H groups in total. The Bertz CT molecular complexity index is 583. The summed E-state index contributed by atoms with van der Waals surface area (Å²) in [5.74, 6) is 2.61. The van der Waals surface area contributed by atoms with Gasteiger partial charge < -0.3 is 19.8 Å². The highest BCUT2D eigenvalue weighted by atomic mass is 16.5. The number of nitrogens with zero attached hydrogens (tertiary/aromatic N) is 1. The van der Waals surface area contributed by atoms with E-state index in [0.29, 0.717) is 6.61 Å². The standard InChI is InChI=1S/C16H21N3O2/c1-11(19-12(2)16-17-6-7-18-16)13-4-5-14-15(10-13)21-9-3-8-20-14/h4-7,10-12,19H,3,8-9H2,1-2H3,(H,17,18). The number of rotatable bonds is 4. The Hall–Kier alpha value is -2.01. The minimum atomic E-state index is 0.158. The predicted octanol–water partition coefficient (Wildman–Crippen LogP) is 2.98. The number of aromatic nitrogens is 2. The summed E-state index contributed by atoms with van der Waals surface area (Å²) in [5.41, 5.74) is 1.18. The lowest BCUT2D eigenvalue weighted by Crippen LogP contribution is -2.23. The molecule has 21 heavy (non-hydrogen) atoms. The molecular formula is C16H21N3O2. The first-order valence-corrected chi connectivity index (χ1v) is 7.39. The van der Waals surface area contributed by atoms with Gasteiger partial charge in [-0.25, -0.2) is 4.98 Å². The normalized spacial score (nSPS) is 17.0. The molecule has 0 spiro atoms. The van der Waals surface area contributed by atoms with Crippen molar-refractivity contribution in [2.24, 2.45) is 0 Å². The van der Waals surface area contributed by atoms with Crippen LogP contribution in [0.3, 0.4) is 0 Å². The Balaban J connectivity index is 1.72. The predicted molar refractivity (Wildman–Crippen MR) is 80.6 cm³/mol. The van der Waals surface area contributed by atoms with Crippen molar-refractivity contribution in [2.45, 2.75) is 32.4 Å². The van der Waals surface area contributed by atoms with Crippen molar-refractivity contribution >= 4 is 0 Å². The van der Waals surface area contributed by atoms with Crippen LogP contribution in [0, 0.1) is 0 Å². The van der Waals surface area contributed by atoms with Gasteiger partial charge in [0.25, 0.3) is 0 Å². The first-order chi connectivity index (χ1) is 10.2. The van der Waals surface area contributed by atoms with Gasteiger partial charge in [-0.3, -0.25) is 0 Å². The number of imidazole rings is 1. The molecule has 0 saturated heterocycles. The van der Waals surface area contributed by atoms with Crippen LogP contribution in [0.25, 0.3) is 0 Å². The van der Waals surface area contributed by atoms with Gasteiger partial charge in [0.15, 0.2) is 11.5 Å². The van der Waals surface area contributed by atoms with Gasteiger partial charge in [0.1, 0.15) is 5.82 Å². The van der Waals surface area contributed by atoms with Gasteiger partial charge in [-0.15, -0.1) is 0 Å². The average molecular weight is 287 g/mol. The third-order valence-corrected chi connectivity index (χ3v) is 3.70. The second kappa shape index (κ2) is 6.18. The highest BCUT2D eigenvalue weighted by Gasteiger charge is 2.16. The minimum absolute atomic E-state index is 0.158. The van der Waals surface area contributed by atoms with Crippen LogP contribution in [0.5, 0.6) is 11.5 Å². The zero-order chi connectivity index (χ0) is 14.7. The van der Waals surface area contributed by atoms with E-state index in [4.69, 9.17) is 9.47 Å². The van der Waals surface area contributed by atoms with E-state index < -0.39 is 0 Å². The highest BCUT2D eigenvalue weighted by molar-refractivity contribution is 5.44. The largest absolute Gasteiger partial charge is 0.490 e. The van der Waals surface area contributed by atoms with Crippen LogP contribution in [0.4, 0.5) is 0 Å². The lowest BCUT2D eigenvalue weighted by atomic mass is 10.1. The van der Waals surface area contributed by atoms with E-state index in [1.165, 1.54) is 5.56 Å². The molecule has 1 aliphatic heterocycles. The molecule has 5 heteroatoms. The Labute approximate surface area is 124 Å². The molecule has 1 aromatic carbocycles. The summed E-state index contributed by atoms with van der Waals surface area (Å²) in [6.07, 6.45) is 4.53. The molecule has 0 bridgehead atoms. The minimum Gasteiger partial charge on any atom is -0.490 e. The molecule has 0 saturated carbocycles. The molecular weight excluding hydrogens is 266 g/mol. The highest BCUT2D eigenvalue weighted by Crippen LogP contribution is 2.32. The summed E-state index contributed by atoms with van der Waals surface area (Å²) in [6, 6.07) is 6.49. The maximum atomic E-state index is 5.75. The molecule has 5 nitrogen and oxygen atoms in total. The number of ether oxygens (including phenoxy) is 2. The molecule has 0 radical (unpaired) electrons. The molecule has 0 aliphatic carbocycles. The molecule has 0 amide bonds. The van der Waals surface area contributed by atoms with Crippen LogP contribution in [-0.2, 0) is 0 Å². The summed E-state index contributed by atoms with van der Waals surface area (Å²) >= 11 is 0. The lowest BCUT2D eigenvalue weighted by molar-refractivity contribution is 0.297. The molecule has 2 heterocycles. The van der Waals surface area contributed by atoms with Crippen molar-refractivity contribution in [2.75, 3.05) is 13.2 Å². The van der Waals surface area contributed by atoms with E-state index in [2.05, 4.69) is 41.3 Å². The smallest absolute Gasteiger partial charge is 0.161 e. The molecule has 3 rings (SSSR count). The maximum Gasteiger partial charge on any atom is 0.161 e. The number of nitrogens with one attached hydrogen (secondary N) is 2. The van der Waals surface area contributed by atoms with E-state index in [9.17, 15) is 0 Å². The summed E-state index contributed by atoms with van der Waals surface area (Å²) in [6.45, 7) is 5.66. The van der Waals surface area contributed by atoms with Gasteiger partial charge in [0, 0.05) is 24.9 Å². The second-order valence-corrected chi connectivity index (χ2v) is 5.34. The van der Waals surface area contributed by atoms with Gasteiger partial charge >= 0.3 is 0 Å². The van der Waals surface area contributed by atoms with E-state index in [0.717, 1.165) is 30.4 Å². The average Bonchev–Trinajstić information content (AvgIpc) is 2.92. The number of H-pyrrole nitrogens is 1. The third-order valence-electron chi connectivity index (χ3n) is 3.70. The Morgan fingerprint density at radius 1 is 1.14 bits per heavy atom. The summed E-state index contributed by atoms with van der Waals surface area (Å²) in [5, 5.41) is 3.53. The van der Waals surface area contributed by atoms with Gasteiger partial charge in [-0.2, -0.15) is 0 Å². The van der Waals surface area contributed by atoms with E-state index in [1.807, 2.05) is 12.3 Å². The van der Waals surface area contributed by atoms with E-state index in [-0.39, 0.29) is 12.1 Å². The summed E-state index contributed by atoms with van der Waals surface area (Å²) < 4.78 is 11.4. The van der Waals surface area contributed by atoms with Gasteiger partial charge in [-0.05, 0) is 31.5 Å². The fraction of sp³-hybridized carbons (Fsp3) is 0.438. The van der Waals surface area contributed by atoms with Gasteiger partial charge in [0.05, 0.1) is 19.3 Å². The lowest BCUT2D eigenvalue weighted by Gasteiger charge is -2.20. The molecule has 1 aliphatic rings. The van der Waals surface area contributed by atoms with Crippen molar-refractivity contribution in [3.8, 4) is 11.5 Å². The Kier molecular flexibility index (Phi) is 4.10. The third kappa shape index (κ3) is 3.19. The SMILES string of the molecule is CC(NC(C)c1ncc[nH]1)c1ccc2c(c1)OCCCO2. The molecule has 1 aromatic heterocycles. The van der Waals surface area contributed by atoms with E-state index in [1.54, 1.807) is 6.20 Å². The van der Waals surface area contributed by atoms with Crippen molar-refractivity contribution < 1.29 is 9.47 Å². The number of benzene rings is 1. The maximum absolute atomic E-state index is 5.75. The quantitative estimate of drug-likeness (QED) is 0.907. The zero-order valence-corrected chi connectivity index (χ0v) is 12.4. The van der Waals surface area contributed by atoms with Crippen LogP contribution in [0.1, 0.15) is 43.7 Å². The zero-order valence-electron chi connectivity index (χ0n) is 12.4. The van der Waals surface area contributed by atoms with Gasteiger partial charge in [-0.1, -0.05) is 6.07 Å². The number of hydrogen-bond donors (Lipinski definition) is 2. The van der Waals surface area contributed by atoms with Crippen LogP contribution in [0.15, 0.2) is 30.6 Å². The fourth-order valence-electron chi connectivity index (χ4n) is 2.51. The van der Waals surface area contributed by atoms with Crippen LogP contribution in [-0.4, -0.2) is 23.2 Å². The number of fused-ring (bicyclic) bond motifs is 1. The fourth-order valence-corrected chi connectivity index (χ4v) is 2.51. The molecule has 2 unspecified atom stereocenters. The van der Waals surface area contributed by atoms with Crippen molar-refractivity contribution in [1.29, 1.82) is 0 Å². The van der Waals surface area contributed by atoms with Crippen LogP contribution in [0.2, 0.25) is 0 Å². The van der Waals surface area contributed by atoms with Crippen molar-refractivity contribution in [3.63, 3.8) is 0 Å². The first-order valence-electron chi connectivity index (χ1n) is 7.39. The molecule has 2 aromatic rings. The second-order valence-electron chi connectivity index (χ2n) is 5.34. The Morgan fingerprint density at radius 3 is 2.71 bits per heavy atom. The molecule has 112 valence electrons. The summed E-state index contributed by atoms with van der Waals surface area (Å²) in [7, 11) is 0. The van der Waals surface area contributed by atoms with Crippen molar-refractivity contribution in [1.82, 2.24) is 15.3 Å². The molecule has 0 fully saturated rings. The number of hydrogen-bond acceptors (Lipinski definition) is 4. The van der Waals surface area contributed by atoms with E-state index >= 15 is 0 Å². The number of aromatic amines is 1. The van der Waals surface area contributed by atoms with Crippen LogP contribution < -0.4 is 14.8 Å². The first kappa shape index (κ1) is 13.9.